The van der Waals surface area contributed by atoms with Gasteiger partial charge in [-0.3, -0.25) is 4.79 Å². The molecule has 1 fully saturated rings. The maximum absolute atomic E-state index is 12.7. The normalized spacial score (nSPS) is 13.9. The van der Waals surface area contributed by atoms with Crippen molar-refractivity contribution in [3.05, 3.63) is 47.6 Å². The Morgan fingerprint density at radius 3 is 2.46 bits per heavy atom. The molecular weight excluding hydrogens is 513 g/mol. The van der Waals surface area contributed by atoms with Crippen molar-refractivity contribution in [3.8, 4) is 5.75 Å². The van der Waals surface area contributed by atoms with Crippen LogP contribution in [0.4, 0.5) is 34.5 Å². The van der Waals surface area contributed by atoms with E-state index in [1.165, 1.54) is 6.20 Å². The molecule has 1 aliphatic rings. The Labute approximate surface area is 221 Å². The van der Waals surface area contributed by atoms with Crippen LogP contribution in [0.15, 0.2) is 42.6 Å². The Morgan fingerprint density at radius 2 is 1.81 bits per heavy atom. The Hall–Kier alpha value is -3.49. The number of carbonyl (C=O) groups is 1. The van der Waals surface area contributed by atoms with Crippen LogP contribution in [0.2, 0.25) is 5.02 Å². The second kappa shape index (κ2) is 10.9. The van der Waals surface area contributed by atoms with Gasteiger partial charge in [0, 0.05) is 44.5 Å². The van der Waals surface area contributed by atoms with Crippen molar-refractivity contribution in [2.45, 2.75) is 6.92 Å². The summed E-state index contributed by atoms with van der Waals surface area (Å²) in [5, 5.41) is 7.37. The fourth-order valence-electron chi connectivity index (χ4n) is 4.20. The van der Waals surface area contributed by atoms with Gasteiger partial charge in [0.05, 0.1) is 36.1 Å². The van der Waals surface area contributed by atoms with Gasteiger partial charge in [-0.05, 0) is 31.5 Å². The zero-order chi connectivity index (χ0) is 26.7. The number of ether oxygens (including phenoxy) is 1. The van der Waals surface area contributed by atoms with E-state index in [2.05, 4.69) is 25.5 Å². The quantitative estimate of drug-likeness (QED) is 0.298. The number of carbonyl (C=O) groups excluding carboxylic acids is 1. The third kappa shape index (κ3) is 6.09. The van der Waals surface area contributed by atoms with Crippen molar-refractivity contribution in [2.24, 2.45) is 0 Å². The number of rotatable bonds is 7. The largest absolute Gasteiger partial charge is 0.494 e. The first-order chi connectivity index (χ1) is 17.6. The molecule has 3 aromatic rings. The monoisotopic (exact) mass is 543 g/mol. The van der Waals surface area contributed by atoms with Crippen LogP contribution in [-0.4, -0.2) is 67.4 Å². The lowest BCUT2D eigenvalue weighted by molar-refractivity contribution is -0.129. The first kappa shape index (κ1) is 26.6. The third-order valence-electron chi connectivity index (χ3n) is 6.14. The number of amides is 1. The summed E-state index contributed by atoms with van der Waals surface area (Å²) < 4.78 is 18.4. The Morgan fingerprint density at radius 1 is 1.11 bits per heavy atom. The van der Waals surface area contributed by atoms with E-state index in [-0.39, 0.29) is 11.9 Å². The van der Waals surface area contributed by atoms with Gasteiger partial charge in [0.15, 0.2) is 5.82 Å². The van der Waals surface area contributed by atoms with Gasteiger partial charge in [-0.25, -0.2) is 4.98 Å². The van der Waals surface area contributed by atoms with E-state index in [9.17, 15) is 9.36 Å². The molecule has 1 saturated heterocycles. The van der Waals surface area contributed by atoms with Gasteiger partial charge in [0.25, 0.3) is 0 Å². The van der Waals surface area contributed by atoms with Crippen LogP contribution in [0.25, 0.3) is 0 Å². The minimum atomic E-state index is -2.53. The number of halogens is 1. The van der Waals surface area contributed by atoms with Crippen LogP contribution < -0.4 is 31.3 Å². The molecule has 0 spiro atoms. The zero-order valence-corrected chi connectivity index (χ0v) is 22.9. The molecule has 0 aliphatic carbocycles. The van der Waals surface area contributed by atoms with Gasteiger partial charge in [0.2, 0.25) is 11.9 Å². The molecule has 1 aliphatic heterocycles. The molecule has 37 heavy (non-hydrogen) atoms. The molecule has 1 aromatic heterocycles. The van der Waals surface area contributed by atoms with Crippen LogP contribution in [0, 0.1) is 0 Å². The van der Waals surface area contributed by atoms with Crippen LogP contribution >= 0.6 is 18.7 Å². The van der Waals surface area contributed by atoms with Gasteiger partial charge in [-0.2, -0.15) is 4.98 Å². The average Bonchev–Trinajstić information content (AvgIpc) is 2.86. The van der Waals surface area contributed by atoms with Crippen LogP contribution in [0.5, 0.6) is 5.75 Å². The molecule has 12 heteroatoms. The molecule has 10 nitrogen and oxygen atoms in total. The van der Waals surface area contributed by atoms with Gasteiger partial charge < -0.3 is 35.5 Å². The predicted molar refractivity (Wildman–Crippen MR) is 151 cm³/mol. The highest BCUT2D eigenvalue weighted by Crippen LogP contribution is 2.39. The molecule has 0 unspecified atom stereocenters. The average molecular weight is 544 g/mol. The van der Waals surface area contributed by atoms with Crippen molar-refractivity contribution >= 4 is 64.5 Å². The summed E-state index contributed by atoms with van der Waals surface area (Å²) in [5.74, 6) is 1.28. The number of nitrogen functional groups attached to an aromatic ring is 1. The van der Waals surface area contributed by atoms with Gasteiger partial charge in [0.1, 0.15) is 17.9 Å². The molecule has 0 bridgehead atoms. The summed E-state index contributed by atoms with van der Waals surface area (Å²) in [6.45, 7) is 7.65. The van der Waals surface area contributed by atoms with E-state index in [0.29, 0.717) is 65.1 Å². The minimum absolute atomic E-state index is 0.0727. The molecule has 4 N–H and O–H groups in total. The van der Waals surface area contributed by atoms with Gasteiger partial charge >= 0.3 is 0 Å². The summed E-state index contributed by atoms with van der Waals surface area (Å²) in [5.41, 5.74) is 9.07. The number of hydrogen-bond acceptors (Lipinski definition) is 9. The van der Waals surface area contributed by atoms with Gasteiger partial charge in [-0.1, -0.05) is 23.7 Å². The summed E-state index contributed by atoms with van der Waals surface area (Å²) in [4.78, 5) is 24.4. The molecule has 0 atom stereocenters. The number of nitrogens with one attached hydrogen (secondary N) is 2. The Balaban J connectivity index is 1.58. The first-order valence-corrected chi connectivity index (χ1v) is 14.7. The number of hydrogen-bond donors (Lipinski definition) is 3. The van der Waals surface area contributed by atoms with Crippen molar-refractivity contribution in [2.75, 3.05) is 67.9 Å². The summed E-state index contributed by atoms with van der Waals surface area (Å²) in [6.07, 6.45) is 1.48. The van der Waals surface area contributed by atoms with Crippen molar-refractivity contribution in [3.63, 3.8) is 0 Å². The number of piperazine rings is 1. The van der Waals surface area contributed by atoms with Crippen molar-refractivity contribution in [1.82, 2.24) is 14.9 Å². The summed E-state index contributed by atoms with van der Waals surface area (Å²) in [7, 11) is -0.956. The highest BCUT2D eigenvalue weighted by molar-refractivity contribution is 7.70. The number of nitrogens with two attached hydrogens (primary N) is 1. The number of benzene rings is 2. The Bertz CT molecular complexity index is 1360. The lowest BCUT2D eigenvalue weighted by Crippen LogP contribution is -2.48. The second-order valence-corrected chi connectivity index (χ2v) is 12.7. The number of anilines is 6. The van der Waals surface area contributed by atoms with E-state index in [0.717, 1.165) is 5.69 Å². The fourth-order valence-corrected chi connectivity index (χ4v) is 5.49. The van der Waals surface area contributed by atoms with E-state index in [1.807, 2.05) is 35.2 Å². The summed E-state index contributed by atoms with van der Waals surface area (Å²) in [6, 6.07) is 11.0. The SMILES string of the molecule is COc1cc(N2CCN(C(C)=O)CC2)c(N)cc1Nc1ncc(Cl)c(Nc2ccccc2P(C)(C)=O)n1. The molecule has 1 amide bonds. The highest BCUT2D eigenvalue weighted by Gasteiger charge is 2.22. The van der Waals surface area contributed by atoms with Crippen molar-refractivity contribution < 1.29 is 14.1 Å². The fraction of sp³-hybridized carbons (Fsp3) is 0.320. The lowest BCUT2D eigenvalue weighted by atomic mass is 10.1. The van der Waals surface area contributed by atoms with E-state index in [4.69, 9.17) is 22.1 Å². The number of nitrogens with zero attached hydrogens (tertiary/aromatic N) is 4. The van der Waals surface area contributed by atoms with Gasteiger partial charge in [-0.15, -0.1) is 0 Å². The van der Waals surface area contributed by atoms with E-state index < -0.39 is 7.14 Å². The molecule has 0 saturated carbocycles. The molecular formula is C25H31ClN7O3P. The van der Waals surface area contributed by atoms with Crippen LogP contribution in [0.3, 0.4) is 0 Å². The van der Waals surface area contributed by atoms with E-state index >= 15 is 0 Å². The van der Waals surface area contributed by atoms with Crippen LogP contribution in [-0.2, 0) is 9.36 Å². The molecule has 196 valence electrons. The van der Waals surface area contributed by atoms with Crippen molar-refractivity contribution in [1.29, 1.82) is 0 Å². The predicted octanol–water partition coefficient (Wildman–Crippen LogP) is 4.12. The summed E-state index contributed by atoms with van der Waals surface area (Å²) >= 11 is 6.38. The highest BCUT2D eigenvalue weighted by atomic mass is 35.5. The van der Waals surface area contributed by atoms with Crippen LogP contribution in [0.1, 0.15) is 6.92 Å². The molecule has 2 heterocycles. The number of aromatic nitrogens is 2. The zero-order valence-electron chi connectivity index (χ0n) is 21.3. The second-order valence-electron chi connectivity index (χ2n) is 9.11. The maximum Gasteiger partial charge on any atom is 0.229 e. The van der Waals surface area contributed by atoms with E-state index in [1.54, 1.807) is 33.4 Å². The minimum Gasteiger partial charge on any atom is -0.494 e. The molecule has 0 radical (unpaired) electrons. The number of methoxy groups -OCH3 is 1. The smallest absolute Gasteiger partial charge is 0.229 e. The Kier molecular flexibility index (Phi) is 7.80. The molecule has 4 rings (SSSR count). The third-order valence-corrected chi connectivity index (χ3v) is 7.97. The topological polar surface area (TPSA) is 126 Å². The lowest BCUT2D eigenvalue weighted by Gasteiger charge is -2.36. The maximum atomic E-state index is 12.7. The number of para-hydroxylation sites is 1. The first-order valence-electron chi connectivity index (χ1n) is 11.8. The standard InChI is InChI=1S/C25H31ClN7O3P/c1-16(34)32-9-11-33(12-10-32)21-14-22(36-2)20(13-18(21)27)30-25-28-15-17(26)24(31-25)29-19-7-5-6-8-23(19)37(3,4)35/h5-8,13-15H,9-12,27H2,1-4H3,(H2,28,29,30,31). The molecule has 2 aromatic carbocycles.